The van der Waals surface area contributed by atoms with Crippen LogP contribution in [0.5, 0.6) is 5.75 Å². The van der Waals surface area contributed by atoms with Crippen molar-refractivity contribution in [1.82, 2.24) is 10.1 Å². The number of nitrogen functional groups attached to an aromatic ring is 1. The molecule has 5 nitrogen and oxygen atoms in total. The maximum absolute atomic E-state index is 5.79. The van der Waals surface area contributed by atoms with Gasteiger partial charge in [-0.15, -0.1) is 0 Å². The Morgan fingerprint density at radius 2 is 1.95 bits per heavy atom. The smallest absolute Gasteiger partial charge is 0.258 e. The molecule has 0 aliphatic heterocycles. The van der Waals surface area contributed by atoms with Gasteiger partial charge in [-0.3, -0.25) is 0 Å². The molecule has 0 aliphatic rings. The van der Waals surface area contributed by atoms with Crippen molar-refractivity contribution in [1.29, 1.82) is 0 Å². The number of aromatic nitrogens is 2. The Morgan fingerprint density at radius 1 is 1.14 bits per heavy atom. The largest absolute Gasteiger partial charge is 0.485 e. The number of halogens is 1. The van der Waals surface area contributed by atoms with Gasteiger partial charge in [0.15, 0.2) is 6.61 Å². The van der Waals surface area contributed by atoms with E-state index < -0.39 is 0 Å². The molecular weight excluding hydrogens is 334 g/mol. The minimum atomic E-state index is 0.247. The first-order valence-electron chi connectivity index (χ1n) is 6.27. The minimum absolute atomic E-state index is 0.247. The lowest BCUT2D eigenvalue weighted by molar-refractivity contribution is 0.287. The number of hydrogen-bond acceptors (Lipinski definition) is 5. The topological polar surface area (TPSA) is 74.2 Å². The van der Waals surface area contributed by atoms with E-state index in [1.807, 2.05) is 36.4 Å². The molecule has 1 aromatic heterocycles. The third kappa shape index (κ3) is 3.41. The number of nitrogens with zero attached hydrogens (tertiary/aromatic N) is 2. The number of benzene rings is 2. The molecule has 0 radical (unpaired) electrons. The molecule has 3 aromatic rings. The third-order valence-corrected chi connectivity index (χ3v) is 3.20. The monoisotopic (exact) mass is 345 g/mol. The van der Waals surface area contributed by atoms with Crippen LogP contribution in [0.4, 0.5) is 5.69 Å². The van der Waals surface area contributed by atoms with E-state index in [2.05, 4.69) is 26.1 Å². The average Bonchev–Trinajstić information content (AvgIpc) is 2.94. The second-order valence-electron chi connectivity index (χ2n) is 4.39. The Balaban J connectivity index is 1.74. The summed E-state index contributed by atoms with van der Waals surface area (Å²) in [5, 5.41) is 3.90. The summed E-state index contributed by atoms with van der Waals surface area (Å²) in [6.07, 6.45) is 0. The summed E-state index contributed by atoms with van der Waals surface area (Å²) in [5.74, 6) is 1.65. The van der Waals surface area contributed by atoms with Crippen LogP contribution in [0.2, 0.25) is 0 Å². The van der Waals surface area contributed by atoms with Crippen molar-refractivity contribution in [3.63, 3.8) is 0 Å². The quantitative estimate of drug-likeness (QED) is 0.730. The number of ether oxygens (including phenoxy) is 1. The minimum Gasteiger partial charge on any atom is -0.485 e. The lowest BCUT2D eigenvalue weighted by atomic mass is 10.2. The van der Waals surface area contributed by atoms with Crippen LogP contribution in [0.15, 0.2) is 57.5 Å². The predicted molar refractivity (Wildman–Crippen MR) is 82.6 cm³/mol. The Morgan fingerprint density at radius 3 is 2.71 bits per heavy atom. The summed E-state index contributed by atoms with van der Waals surface area (Å²) < 4.78 is 11.7. The van der Waals surface area contributed by atoms with Crippen molar-refractivity contribution in [2.24, 2.45) is 0 Å². The van der Waals surface area contributed by atoms with Crippen LogP contribution < -0.4 is 10.5 Å². The highest BCUT2D eigenvalue weighted by Crippen LogP contribution is 2.25. The molecule has 0 bridgehead atoms. The van der Waals surface area contributed by atoms with Crippen molar-refractivity contribution in [3.8, 4) is 17.2 Å². The summed E-state index contributed by atoms with van der Waals surface area (Å²) in [7, 11) is 0. The molecule has 0 aliphatic carbocycles. The first-order chi connectivity index (χ1) is 10.2. The van der Waals surface area contributed by atoms with Gasteiger partial charge in [0.05, 0.1) is 0 Å². The standard InChI is InChI=1S/C15H12BrN3O2/c16-11-6-10(7-12(17)8-11)15-18-14(19-21-15)9-20-13-4-2-1-3-5-13/h1-8H,9,17H2. The Labute approximate surface area is 129 Å². The zero-order valence-electron chi connectivity index (χ0n) is 11.0. The highest BCUT2D eigenvalue weighted by atomic mass is 79.9. The molecule has 1 heterocycles. The Bertz CT molecular complexity index is 723. The van der Waals surface area contributed by atoms with Gasteiger partial charge < -0.3 is 15.0 Å². The Kier molecular flexibility index (Phi) is 3.87. The fourth-order valence-electron chi connectivity index (χ4n) is 1.83. The summed E-state index contributed by atoms with van der Waals surface area (Å²) in [5.41, 5.74) is 7.18. The number of anilines is 1. The SMILES string of the molecule is Nc1cc(Br)cc(-c2nc(COc3ccccc3)no2)c1. The van der Waals surface area contributed by atoms with E-state index >= 15 is 0 Å². The first kappa shape index (κ1) is 13.6. The van der Waals surface area contributed by atoms with Gasteiger partial charge in [-0.2, -0.15) is 4.98 Å². The second kappa shape index (κ2) is 5.97. The number of hydrogen-bond donors (Lipinski definition) is 1. The van der Waals surface area contributed by atoms with E-state index in [4.69, 9.17) is 15.0 Å². The van der Waals surface area contributed by atoms with Crippen molar-refractivity contribution in [2.75, 3.05) is 5.73 Å². The molecule has 0 saturated carbocycles. The third-order valence-electron chi connectivity index (χ3n) is 2.75. The maximum Gasteiger partial charge on any atom is 0.258 e. The lowest BCUT2D eigenvalue weighted by Gasteiger charge is -2.01. The zero-order valence-corrected chi connectivity index (χ0v) is 12.6. The highest BCUT2D eigenvalue weighted by Gasteiger charge is 2.10. The molecule has 2 N–H and O–H groups in total. The molecule has 106 valence electrons. The normalized spacial score (nSPS) is 10.5. The van der Waals surface area contributed by atoms with Crippen LogP contribution in [-0.2, 0) is 6.61 Å². The fraction of sp³-hybridized carbons (Fsp3) is 0.0667. The van der Waals surface area contributed by atoms with Crippen LogP contribution in [0.1, 0.15) is 5.82 Å². The second-order valence-corrected chi connectivity index (χ2v) is 5.31. The van der Waals surface area contributed by atoms with Gasteiger partial charge in [-0.1, -0.05) is 39.3 Å². The molecule has 2 aromatic carbocycles. The number of rotatable bonds is 4. The summed E-state index contributed by atoms with van der Waals surface area (Å²) in [6.45, 7) is 0.247. The van der Waals surface area contributed by atoms with Gasteiger partial charge in [0.1, 0.15) is 5.75 Å². The summed E-state index contributed by atoms with van der Waals surface area (Å²) in [4.78, 5) is 4.30. The molecule has 0 atom stereocenters. The predicted octanol–water partition coefficient (Wildman–Crippen LogP) is 3.66. The molecule has 6 heteroatoms. The molecule has 0 spiro atoms. The van der Waals surface area contributed by atoms with E-state index in [9.17, 15) is 0 Å². The summed E-state index contributed by atoms with van der Waals surface area (Å²) >= 11 is 3.38. The molecule has 0 amide bonds. The van der Waals surface area contributed by atoms with Gasteiger partial charge in [0.2, 0.25) is 5.82 Å². The Hall–Kier alpha value is -2.34. The molecule has 3 rings (SSSR count). The van der Waals surface area contributed by atoms with Crippen molar-refractivity contribution in [2.45, 2.75) is 6.61 Å². The number of nitrogens with two attached hydrogens (primary N) is 1. The van der Waals surface area contributed by atoms with Gasteiger partial charge in [-0.25, -0.2) is 0 Å². The van der Waals surface area contributed by atoms with E-state index in [1.165, 1.54) is 0 Å². The molecular formula is C15H12BrN3O2. The van der Waals surface area contributed by atoms with Crippen molar-refractivity contribution < 1.29 is 9.26 Å². The molecule has 0 saturated heterocycles. The van der Waals surface area contributed by atoms with Crippen LogP contribution in [0, 0.1) is 0 Å². The maximum atomic E-state index is 5.79. The summed E-state index contributed by atoms with van der Waals surface area (Å²) in [6, 6.07) is 14.9. The van der Waals surface area contributed by atoms with Crippen LogP contribution in [0.25, 0.3) is 11.5 Å². The van der Waals surface area contributed by atoms with Crippen LogP contribution >= 0.6 is 15.9 Å². The highest BCUT2D eigenvalue weighted by molar-refractivity contribution is 9.10. The van der Waals surface area contributed by atoms with Crippen molar-refractivity contribution in [3.05, 3.63) is 58.8 Å². The van der Waals surface area contributed by atoms with Crippen LogP contribution in [0.3, 0.4) is 0 Å². The van der Waals surface area contributed by atoms with Gasteiger partial charge in [0, 0.05) is 15.7 Å². The molecule has 21 heavy (non-hydrogen) atoms. The van der Waals surface area contributed by atoms with E-state index in [1.54, 1.807) is 12.1 Å². The van der Waals surface area contributed by atoms with Gasteiger partial charge in [0.25, 0.3) is 5.89 Å². The fourth-order valence-corrected chi connectivity index (χ4v) is 2.34. The number of para-hydroxylation sites is 1. The van der Waals surface area contributed by atoms with E-state index in [0.29, 0.717) is 17.4 Å². The van der Waals surface area contributed by atoms with Gasteiger partial charge in [-0.05, 0) is 30.3 Å². The van der Waals surface area contributed by atoms with E-state index in [0.717, 1.165) is 15.8 Å². The molecule has 0 fully saturated rings. The molecule has 0 unspecified atom stereocenters. The zero-order chi connectivity index (χ0) is 14.7. The van der Waals surface area contributed by atoms with Crippen molar-refractivity contribution >= 4 is 21.6 Å². The first-order valence-corrected chi connectivity index (χ1v) is 7.07. The average molecular weight is 346 g/mol. The van der Waals surface area contributed by atoms with Crippen LogP contribution in [-0.4, -0.2) is 10.1 Å². The lowest BCUT2D eigenvalue weighted by Crippen LogP contribution is -1.97. The van der Waals surface area contributed by atoms with E-state index in [-0.39, 0.29) is 6.61 Å². The van der Waals surface area contributed by atoms with Gasteiger partial charge >= 0.3 is 0 Å².